The number of alkyl halides is 2. The van der Waals surface area contributed by atoms with E-state index < -0.39 is 11.7 Å². The lowest BCUT2D eigenvalue weighted by atomic mass is 10.0. The van der Waals surface area contributed by atoms with Gasteiger partial charge in [-0.05, 0) is 64.7 Å². The number of halogens is 2. The van der Waals surface area contributed by atoms with E-state index >= 15 is 8.78 Å². The van der Waals surface area contributed by atoms with E-state index in [1.54, 1.807) is 42.1 Å². The molecule has 0 bridgehead atoms. The van der Waals surface area contributed by atoms with Crippen molar-refractivity contribution in [3.8, 4) is 5.75 Å². The zero-order valence-electron chi connectivity index (χ0n) is 20.7. The first-order chi connectivity index (χ1) is 17.8. The minimum atomic E-state index is -3.45. The van der Waals surface area contributed by atoms with Crippen LogP contribution in [0, 0.1) is 13.8 Å². The Morgan fingerprint density at radius 2 is 1.76 bits per heavy atom. The number of ether oxygens (including phenoxy) is 1. The number of benzene rings is 3. The number of hydrogen-bond acceptors (Lipinski definition) is 6. The van der Waals surface area contributed by atoms with Gasteiger partial charge in [0.1, 0.15) is 5.75 Å². The second kappa shape index (κ2) is 9.70. The van der Waals surface area contributed by atoms with Crippen molar-refractivity contribution < 1.29 is 18.6 Å². The second-order valence-corrected chi connectivity index (χ2v) is 8.93. The number of rotatable bonds is 8. The van der Waals surface area contributed by atoms with E-state index in [2.05, 4.69) is 20.6 Å². The van der Waals surface area contributed by atoms with Gasteiger partial charge in [-0.2, -0.15) is 13.9 Å². The van der Waals surface area contributed by atoms with E-state index in [-0.39, 0.29) is 18.7 Å². The summed E-state index contributed by atoms with van der Waals surface area (Å²) < 4.78 is 39.6. The highest BCUT2D eigenvalue weighted by Gasteiger charge is 2.40. The summed E-state index contributed by atoms with van der Waals surface area (Å²) >= 11 is 0. The molecular weight excluding hydrogens is 478 g/mol. The SMILES string of the molecule is COc1ccc(Cn2nnnc2C(F)(F)c2ccc3c(C)nn(Cc4c(C)cccc4CO)c3c2)cc1. The van der Waals surface area contributed by atoms with Crippen LogP contribution in [0.1, 0.15) is 39.3 Å². The third-order valence-electron chi connectivity index (χ3n) is 6.59. The molecule has 0 unspecified atom stereocenters. The molecule has 2 aromatic heterocycles. The van der Waals surface area contributed by atoms with Crippen LogP contribution in [-0.4, -0.2) is 42.2 Å². The number of fused-ring (bicyclic) bond motifs is 1. The molecule has 37 heavy (non-hydrogen) atoms. The van der Waals surface area contributed by atoms with Crippen LogP contribution < -0.4 is 4.74 Å². The molecule has 0 amide bonds. The first-order valence-corrected chi connectivity index (χ1v) is 11.7. The van der Waals surface area contributed by atoms with Crippen LogP contribution in [0.25, 0.3) is 10.9 Å². The molecule has 0 atom stereocenters. The summed E-state index contributed by atoms with van der Waals surface area (Å²) in [6.07, 6.45) is 0. The molecule has 3 aromatic carbocycles. The van der Waals surface area contributed by atoms with Gasteiger partial charge in [0.2, 0.25) is 5.82 Å². The minimum Gasteiger partial charge on any atom is -0.497 e. The van der Waals surface area contributed by atoms with Gasteiger partial charge in [0, 0.05) is 10.9 Å². The first kappa shape index (κ1) is 24.5. The molecule has 0 fully saturated rings. The maximum Gasteiger partial charge on any atom is 0.333 e. The van der Waals surface area contributed by atoms with E-state index in [0.717, 1.165) is 38.0 Å². The normalized spacial score (nSPS) is 11.8. The molecule has 8 nitrogen and oxygen atoms in total. The van der Waals surface area contributed by atoms with Crippen molar-refractivity contribution in [2.24, 2.45) is 0 Å². The number of nitrogens with zero attached hydrogens (tertiary/aromatic N) is 6. The standard InChI is InChI=1S/C27H26F2N6O2/c1-17-5-4-6-20(16-36)24(17)15-34-25-13-21(9-12-23(25)18(2)31-34)27(28,29)26-30-32-33-35(26)14-19-7-10-22(37-3)11-8-19/h4-13,36H,14-16H2,1-3H3. The van der Waals surface area contributed by atoms with Crippen molar-refractivity contribution >= 4 is 10.9 Å². The number of methoxy groups -OCH3 is 1. The molecule has 2 heterocycles. The Labute approximate surface area is 212 Å². The van der Waals surface area contributed by atoms with E-state index in [1.807, 2.05) is 32.0 Å². The minimum absolute atomic E-state index is 0.0818. The molecule has 0 spiro atoms. The molecular formula is C27H26F2N6O2. The number of tetrazole rings is 1. The van der Waals surface area contributed by atoms with Crippen LogP contribution in [0.3, 0.4) is 0 Å². The monoisotopic (exact) mass is 504 g/mol. The summed E-state index contributed by atoms with van der Waals surface area (Å²) in [7, 11) is 1.56. The Bertz CT molecular complexity index is 1560. The molecule has 0 saturated carbocycles. The van der Waals surface area contributed by atoms with Crippen molar-refractivity contribution in [3.05, 3.63) is 100.0 Å². The Morgan fingerprint density at radius 1 is 0.973 bits per heavy atom. The zero-order valence-corrected chi connectivity index (χ0v) is 20.7. The Hall–Kier alpha value is -4.18. The van der Waals surface area contributed by atoms with E-state index in [0.29, 0.717) is 17.8 Å². The highest BCUT2D eigenvalue weighted by atomic mass is 19.3. The molecule has 10 heteroatoms. The van der Waals surface area contributed by atoms with Crippen LogP contribution in [0.5, 0.6) is 5.75 Å². The van der Waals surface area contributed by atoms with Gasteiger partial charge in [-0.15, -0.1) is 5.10 Å². The van der Waals surface area contributed by atoms with E-state index in [9.17, 15) is 5.11 Å². The van der Waals surface area contributed by atoms with Gasteiger partial charge in [-0.3, -0.25) is 4.68 Å². The Kier molecular flexibility index (Phi) is 6.43. The lowest BCUT2D eigenvalue weighted by Gasteiger charge is -2.17. The van der Waals surface area contributed by atoms with Gasteiger partial charge in [0.05, 0.1) is 38.0 Å². The van der Waals surface area contributed by atoms with Gasteiger partial charge >= 0.3 is 5.92 Å². The smallest absolute Gasteiger partial charge is 0.333 e. The molecule has 190 valence electrons. The predicted molar refractivity (Wildman–Crippen MR) is 134 cm³/mol. The average molecular weight is 505 g/mol. The highest BCUT2D eigenvalue weighted by molar-refractivity contribution is 5.83. The summed E-state index contributed by atoms with van der Waals surface area (Å²) in [5.41, 5.74) is 4.50. The van der Waals surface area contributed by atoms with Gasteiger partial charge in [-0.1, -0.05) is 42.5 Å². The third-order valence-corrected chi connectivity index (χ3v) is 6.59. The predicted octanol–water partition coefficient (Wildman–Crippen LogP) is 4.38. The molecule has 0 radical (unpaired) electrons. The van der Waals surface area contributed by atoms with Crippen LogP contribution >= 0.6 is 0 Å². The molecule has 0 aliphatic carbocycles. The molecule has 5 rings (SSSR count). The van der Waals surface area contributed by atoms with Gasteiger partial charge in [0.25, 0.3) is 0 Å². The van der Waals surface area contributed by atoms with Gasteiger partial charge < -0.3 is 9.84 Å². The van der Waals surface area contributed by atoms with Crippen LogP contribution in [-0.2, 0) is 25.6 Å². The van der Waals surface area contributed by atoms with E-state index in [4.69, 9.17) is 4.74 Å². The maximum absolute atomic E-state index is 15.8. The molecule has 0 aliphatic heterocycles. The average Bonchev–Trinajstić information content (AvgIpc) is 3.50. The first-order valence-electron chi connectivity index (χ1n) is 11.7. The van der Waals surface area contributed by atoms with Crippen molar-refractivity contribution in [1.82, 2.24) is 30.0 Å². The second-order valence-electron chi connectivity index (χ2n) is 8.93. The van der Waals surface area contributed by atoms with Crippen molar-refractivity contribution in [2.75, 3.05) is 7.11 Å². The lowest BCUT2D eigenvalue weighted by Crippen LogP contribution is -2.23. The number of aliphatic hydroxyl groups excluding tert-OH is 1. The quantitative estimate of drug-likeness (QED) is 0.337. The summed E-state index contributed by atoms with van der Waals surface area (Å²) in [5, 5.41) is 26.2. The van der Waals surface area contributed by atoms with Gasteiger partial charge in [0.15, 0.2) is 0 Å². The fraction of sp³-hybridized carbons (Fsp3) is 0.259. The zero-order chi connectivity index (χ0) is 26.2. The van der Waals surface area contributed by atoms with Crippen molar-refractivity contribution in [1.29, 1.82) is 0 Å². The Morgan fingerprint density at radius 3 is 2.49 bits per heavy atom. The van der Waals surface area contributed by atoms with E-state index in [1.165, 1.54) is 12.1 Å². The summed E-state index contributed by atoms with van der Waals surface area (Å²) in [6, 6.07) is 17.2. The fourth-order valence-electron chi connectivity index (χ4n) is 4.51. The third kappa shape index (κ3) is 4.55. The number of hydrogen-bond donors (Lipinski definition) is 1. The van der Waals surface area contributed by atoms with Crippen molar-refractivity contribution in [3.63, 3.8) is 0 Å². The highest BCUT2D eigenvalue weighted by Crippen LogP contribution is 2.36. The molecule has 0 aliphatic rings. The maximum atomic E-state index is 15.8. The summed E-state index contributed by atoms with van der Waals surface area (Å²) in [6.45, 7) is 4.11. The van der Waals surface area contributed by atoms with Crippen molar-refractivity contribution in [2.45, 2.75) is 39.5 Å². The number of aryl methyl sites for hydroxylation is 2. The fourth-order valence-corrected chi connectivity index (χ4v) is 4.51. The van der Waals surface area contributed by atoms with Gasteiger partial charge in [-0.25, -0.2) is 4.68 Å². The van der Waals surface area contributed by atoms with Crippen LogP contribution in [0.4, 0.5) is 8.78 Å². The number of aromatic nitrogens is 6. The van der Waals surface area contributed by atoms with Crippen LogP contribution in [0.15, 0.2) is 60.7 Å². The lowest BCUT2D eigenvalue weighted by molar-refractivity contribution is 0.0281. The topological polar surface area (TPSA) is 90.9 Å². The molecule has 5 aromatic rings. The van der Waals surface area contributed by atoms with Crippen LogP contribution in [0.2, 0.25) is 0 Å². The summed E-state index contributed by atoms with van der Waals surface area (Å²) in [4.78, 5) is 0. The molecule has 1 N–H and O–H groups in total. The largest absolute Gasteiger partial charge is 0.497 e. The number of aliphatic hydroxyl groups is 1. The Balaban J connectivity index is 1.51. The molecule has 0 saturated heterocycles. The summed E-state index contributed by atoms with van der Waals surface area (Å²) in [5.74, 6) is -3.33.